The first-order chi connectivity index (χ1) is 6.47. The third kappa shape index (κ3) is 4.82. The molecule has 1 atom stereocenters. The molecule has 1 aromatic carbocycles. The third-order valence-corrected chi connectivity index (χ3v) is 5.14. The van der Waals surface area contributed by atoms with Gasteiger partial charge in [0.15, 0.2) is 0 Å². The Morgan fingerprint density at radius 1 is 1.21 bits per heavy atom. The molecule has 0 fully saturated rings. The van der Waals surface area contributed by atoms with Gasteiger partial charge in [-0.2, -0.15) is 0 Å². The second-order valence-corrected chi connectivity index (χ2v) is 8.03. The summed E-state index contributed by atoms with van der Waals surface area (Å²) in [5.41, 5.74) is 1.14. The van der Waals surface area contributed by atoms with Gasteiger partial charge in [0.05, 0.1) is 15.6 Å². The molecular formula is C11H16OS2. The maximum atomic E-state index is 11.7. The molecule has 0 N–H and O–H groups in total. The van der Waals surface area contributed by atoms with Gasteiger partial charge in [-0.05, 0) is 5.56 Å². The first-order valence-electron chi connectivity index (χ1n) is 4.59. The first-order valence-corrected chi connectivity index (χ1v) is 7.24. The van der Waals surface area contributed by atoms with Crippen molar-refractivity contribution in [3.63, 3.8) is 0 Å². The Balaban J connectivity index is 2.50. The van der Waals surface area contributed by atoms with Crippen molar-refractivity contribution >= 4 is 20.6 Å². The lowest BCUT2D eigenvalue weighted by Crippen LogP contribution is -2.09. The summed E-state index contributed by atoms with van der Waals surface area (Å²) in [6.45, 7) is 6.25. The standard InChI is InChI=1S/C11H16OS2/c1-11(2,3)13-14(12)9-10-7-5-4-6-8-10/h4-8H,9H2,1-3H3. The highest BCUT2D eigenvalue weighted by molar-refractivity contribution is 8.69. The monoisotopic (exact) mass is 228 g/mol. The molecule has 1 aromatic rings. The van der Waals surface area contributed by atoms with Gasteiger partial charge in [0.25, 0.3) is 0 Å². The lowest BCUT2D eigenvalue weighted by molar-refractivity contribution is 0.690. The van der Waals surface area contributed by atoms with Gasteiger partial charge >= 0.3 is 0 Å². The van der Waals surface area contributed by atoms with Gasteiger partial charge in [0.2, 0.25) is 0 Å². The molecule has 1 unspecified atom stereocenters. The van der Waals surface area contributed by atoms with Crippen LogP contribution in [0.5, 0.6) is 0 Å². The molecule has 1 rings (SSSR count). The van der Waals surface area contributed by atoms with Crippen molar-refractivity contribution in [1.82, 2.24) is 0 Å². The third-order valence-electron chi connectivity index (χ3n) is 1.47. The van der Waals surface area contributed by atoms with Crippen LogP contribution in [-0.2, 0) is 15.6 Å². The zero-order valence-electron chi connectivity index (χ0n) is 8.82. The summed E-state index contributed by atoms with van der Waals surface area (Å²) in [5.74, 6) is 0.642. The van der Waals surface area contributed by atoms with E-state index in [0.29, 0.717) is 5.75 Å². The predicted octanol–water partition coefficient (Wildman–Crippen LogP) is 3.38. The van der Waals surface area contributed by atoms with E-state index >= 15 is 0 Å². The van der Waals surface area contributed by atoms with E-state index in [4.69, 9.17) is 0 Å². The maximum Gasteiger partial charge on any atom is 0.0853 e. The maximum absolute atomic E-state index is 11.7. The highest BCUT2D eigenvalue weighted by Crippen LogP contribution is 2.28. The van der Waals surface area contributed by atoms with E-state index in [2.05, 4.69) is 20.8 Å². The molecule has 0 aliphatic carbocycles. The second kappa shape index (κ2) is 4.99. The molecule has 78 valence electrons. The van der Waals surface area contributed by atoms with Gasteiger partial charge in [-0.15, -0.1) is 0 Å². The zero-order chi connectivity index (χ0) is 10.6. The summed E-state index contributed by atoms with van der Waals surface area (Å²) in [7, 11) is 0.700. The average Bonchev–Trinajstić information content (AvgIpc) is 2.02. The van der Waals surface area contributed by atoms with Gasteiger partial charge in [-0.1, -0.05) is 61.9 Å². The van der Waals surface area contributed by atoms with Crippen LogP contribution in [0.4, 0.5) is 0 Å². The Morgan fingerprint density at radius 2 is 1.79 bits per heavy atom. The fourth-order valence-electron chi connectivity index (χ4n) is 1.02. The van der Waals surface area contributed by atoms with Gasteiger partial charge in [0, 0.05) is 4.75 Å². The molecule has 0 aliphatic rings. The van der Waals surface area contributed by atoms with E-state index < -0.39 is 9.83 Å². The quantitative estimate of drug-likeness (QED) is 0.738. The Morgan fingerprint density at radius 3 is 2.29 bits per heavy atom. The van der Waals surface area contributed by atoms with Crippen LogP contribution in [0.15, 0.2) is 30.3 Å². The van der Waals surface area contributed by atoms with Crippen LogP contribution in [0.3, 0.4) is 0 Å². The summed E-state index contributed by atoms with van der Waals surface area (Å²) in [6.07, 6.45) is 0. The SMILES string of the molecule is CC(C)(C)SS(=O)Cc1ccccc1. The van der Waals surface area contributed by atoms with E-state index in [1.54, 1.807) is 0 Å². The minimum atomic E-state index is -0.824. The Bertz CT molecular complexity index is 301. The molecule has 14 heavy (non-hydrogen) atoms. The minimum absolute atomic E-state index is 0.0691. The van der Waals surface area contributed by atoms with Crippen molar-refractivity contribution in [2.24, 2.45) is 0 Å². The van der Waals surface area contributed by atoms with Crippen LogP contribution < -0.4 is 0 Å². The topological polar surface area (TPSA) is 17.1 Å². The highest BCUT2D eigenvalue weighted by Gasteiger charge is 2.15. The van der Waals surface area contributed by atoms with Crippen LogP contribution in [0.2, 0.25) is 0 Å². The molecule has 0 radical (unpaired) electrons. The summed E-state index contributed by atoms with van der Waals surface area (Å²) in [6, 6.07) is 9.97. The van der Waals surface area contributed by atoms with E-state index in [0.717, 1.165) is 5.56 Å². The van der Waals surface area contributed by atoms with Gasteiger partial charge in [-0.25, -0.2) is 4.21 Å². The van der Waals surface area contributed by atoms with Crippen LogP contribution >= 0.6 is 10.8 Å². The van der Waals surface area contributed by atoms with E-state index in [1.807, 2.05) is 30.3 Å². The molecular weight excluding hydrogens is 212 g/mol. The molecule has 0 amide bonds. The normalized spacial score (nSPS) is 13.9. The molecule has 0 saturated carbocycles. The van der Waals surface area contributed by atoms with Gasteiger partial charge in [0.1, 0.15) is 0 Å². The highest BCUT2D eigenvalue weighted by atomic mass is 33.1. The number of benzene rings is 1. The Labute approximate surface area is 92.2 Å². The lowest BCUT2D eigenvalue weighted by atomic mass is 10.2. The van der Waals surface area contributed by atoms with Crippen LogP contribution in [0.25, 0.3) is 0 Å². The van der Waals surface area contributed by atoms with E-state index in [9.17, 15) is 4.21 Å². The minimum Gasteiger partial charge on any atom is -0.248 e. The van der Waals surface area contributed by atoms with Crippen molar-refractivity contribution in [2.45, 2.75) is 31.3 Å². The molecule has 0 saturated heterocycles. The van der Waals surface area contributed by atoms with Gasteiger partial charge < -0.3 is 0 Å². The molecule has 0 aromatic heterocycles. The zero-order valence-corrected chi connectivity index (χ0v) is 10.5. The largest absolute Gasteiger partial charge is 0.248 e. The van der Waals surface area contributed by atoms with Gasteiger partial charge in [-0.3, -0.25) is 0 Å². The van der Waals surface area contributed by atoms with Crippen molar-refractivity contribution < 1.29 is 4.21 Å². The molecule has 0 bridgehead atoms. The van der Waals surface area contributed by atoms with Crippen LogP contribution in [-0.4, -0.2) is 8.96 Å². The summed E-state index contributed by atoms with van der Waals surface area (Å²) < 4.78 is 11.8. The Kier molecular flexibility index (Phi) is 4.20. The fraction of sp³-hybridized carbons (Fsp3) is 0.455. The van der Waals surface area contributed by atoms with Crippen molar-refractivity contribution in [3.8, 4) is 0 Å². The van der Waals surface area contributed by atoms with Crippen LogP contribution in [0.1, 0.15) is 26.3 Å². The number of hydrogen-bond acceptors (Lipinski definition) is 2. The average molecular weight is 228 g/mol. The molecule has 0 heterocycles. The number of rotatable bonds is 3. The predicted molar refractivity (Wildman–Crippen MR) is 65.6 cm³/mol. The summed E-state index contributed by atoms with van der Waals surface area (Å²) in [4.78, 5) is 0. The van der Waals surface area contributed by atoms with E-state index in [1.165, 1.54) is 10.8 Å². The summed E-state index contributed by atoms with van der Waals surface area (Å²) in [5, 5.41) is 0. The lowest BCUT2D eigenvalue weighted by Gasteiger charge is -2.16. The molecule has 3 heteroatoms. The molecule has 1 nitrogen and oxygen atoms in total. The smallest absolute Gasteiger partial charge is 0.0853 e. The van der Waals surface area contributed by atoms with Crippen LogP contribution in [0, 0.1) is 0 Å². The second-order valence-electron chi connectivity index (χ2n) is 4.13. The summed E-state index contributed by atoms with van der Waals surface area (Å²) >= 11 is 0. The molecule has 0 spiro atoms. The Hall–Kier alpha value is -0.280. The number of hydrogen-bond donors (Lipinski definition) is 0. The van der Waals surface area contributed by atoms with Crippen molar-refractivity contribution in [3.05, 3.63) is 35.9 Å². The van der Waals surface area contributed by atoms with Crippen molar-refractivity contribution in [2.75, 3.05) is 0 Å². The fourth-order valence-corrected chi connectivity index (χ4v) is 4.36. The molecule has 0 aliphatic heterocycles. The van der Waals surface area contributed by atoms with E-state index in [-0.39, 0.29) is 4.75 Å². The van der Waals surface area contributed by atoms with Crippen molar-refractivity contribution in [1.29, 1.82) is 0 Å². The first kappa shape index (κ1) is 11.8.